The highest BCUT2D eigenvalue weighted by Crippen LogP contribution is 2.16. The first-order chi connectivity index (χ1) is 8.75. The van der Waals surface area contributed by atoms with Crippen LogP contribution < -0.4 is 15.2 Å². The van der Waals surface area contributed by atoms with Gasteiger partial charge >= 0.3 is 16.3 Å². The fourth-order valence-corrected chi connectivity index (χ4v) is 1.90. The monoisotopic (exact) mass is 290 g/mol. The van der Waals surface area contributed by atoms with Crippen molar-refractivity contribution in [3.05, 3.63) is 29.6 Å². The summed E-state index contributed by atoms with van der Waals surface area (Å²) in [5.74, 6) is -1.30. The molecule has 1 aromatic rings. The molecule has 0 atom stereocenters. The van der Waals surface area contributed by atoms with Crippen LogP contribution in [0, 0.1) is 11.2 Å². The van der Waals surface area contributed by atoms with Gasteiger partial charge in [0, 0.05) is 5.56 Å². The lowest BCUT2D eigenvalue weighted by atomic mass is 10.2. The van der Waals surface area contributed by atoms with E-state index in [1.54, 1.807) is 4.72 Å². The zero-order valence-electron chi connectivity index (χ0n) is 9.73. The van der Waals surface area contributed by atoms with Crippen molar-refractivity contribution in [3.63, 3.8) is 0 Å². The fraction of sp³-hybridized carbons (Fsp3) is 0.111. The van der Waals surface area contributed by atoms with Crippen molar-refractivity contribution in [3.8, 4) is 0 Å². The highest BCUT2D eigenvalue weighted by Gasteiger charge is 2.16. The summed E-state index contributed by atoms with van der Waals surface area (Å²) < 4.78 is 43.7. The summed E-state index contributed by atoms with van der Waals surface area (Å²) in [6, 6.07) is 3.21. The second kappa shape index (κ2) is 5.52. The van der Waals surface area contributed by atoms with Gasteiger partial charge in [0.2, 0.25) is 0 Å². The van der Waals surface area contributed by atoms with Crippen molar-refractivity contribution >= 4 is 27.8 Å². The number of amidine groups is 1. The van der Waals surface area contributed by atoms with Crippen molar-refractivity contribution in [2.24, 2.45) is 5.73 Å². The molecule has 19 heavy (non-hydrogen) atoms. The van der Waals surface area contributed by atoms with Crippen LogP contribution in [0.5, 0.6) is 0 Å². The van der Waals surface area contributed by atoms with Gasteiger partial charge < -0.3 is 10.5 Å². The summed E-state index contributed by atoms with van der Waals surface area (Å²) in [5, 5.41) is 7.10. The lowest BCUT2D eigenvalue weighted by Gasteiger charge is -2.10. The standard InChI is InChI=1S/C9H11FN4O4S/c1-18-9(15)14-19(16,17)13-7-3-2-5(8(11)12)4-6(7)10/h2-4,13H,1H3,(H3,11,12)(H,14,15). The maximum absolute atomic E-state index is 13.5. The molecule has 1 rings (SSSR count). The predicted molar refractivity (Wildman–Crippen MR) is 65.5 cm³/mol. The molecule has 8 nitrogen and oxygen atoms in total. The van der Waals surface area contributed by atoms with E-state index in [4.69, 9.17) is 11.1 Å². The average molecular weight is 290 g/mol. The van der Waals surface area contributed by atoms with Crippen LogP contribution in [0.2, 0.25) is 0 Å². The molecule has 0 fully saturated rings. The molecule has 0 radical (unpaired) electrons. The number of hydrogen-bond donors (Lipinski definition) is 4. The topological polar surface area (TPSA) is 134 Å². The Hall–Kier alpha value is -2.36. The zero-order chi connectivity index (χ0) is 14.6. The van der Waals surface area contributed by atoms with Gasteiger partial charge in [0.15, 0.2) is 0 Å². The van der Waals surface area contributed by atoms with Crippen molar-refractivity contribution in [1.82, 2.24) is 4.72 Å². The molecule has 0 spiro atoms. The first-order valence-electron chi connectivity index (χ1n) is 4.77. The Kier molecular flexibility index (Phi) is 4.27. The molecule has 1 aromatic carbocycles. The number of rotatable bonds is 4. The van der Waals surface area contributed by atoms with Crippen LogP contribution >= 0.6 is 0 Å². The van der Waals surface area contributed by atoms with Crippen LogP contribution in [0.4, 0.5) is 14.9 Å². The van der Waals surface area contributed by atoms with Crippen LogP contribution in [0.25, 0.3) is 0 Å². The largest absolute Gasteiger partial charge is 0.452 e. The summed E-state index contributed by atoms with van der Waals surface area (Å²) >= 11 is 0. The van der Waals surface area contributed by atoms with Crippen molar-refractivity contribution in [2.75, 3.05) is 11.8 Å². The molecule has 0 saturated carbocycles. The number of hydrogen-bond acceptors (Lipinski definition) is 5. The number of benzene rings is 1. The Labute approximate surface area is 108 Å². The molecule has 0 heterocycles. The molecule has 0 aromatic heterocycles. The summed E-state index contributed by atoms with van der Waals surface area (Å²) in [6.07, 6.45) is -1.21. The van der Waals surface area contributed by atoms with Crippen molar-refractivity contribution in [2.45, 2.75) is 0 Å². The number of amides is 1. The second-order valence-electron chi connectivity index (χ2n) is 3.31. The van der Waals surface area contributed by atoms with E-state index in [1.165, 1.54) is 10.8 Å². The van der Waals surface area contributed by atoms with Gasteiger partial charge in [-0.3, -0.25) is 10.1 Å². The Morgan fingerprint density at radius 2 is 2.11 bits per heavy atom. The molecule has 0 saturated heterocycles. The van der Waals surface area contributed by atoms with Crippen molar-refractivity contribution < 1.29 is 22.3 Å². The third kappa shape index (κ3) is 4.10. The van der Waals surface area contributed by atoms with Gasteiger partial charge in [-0.25, -0.2) is 13.9 Å². The first-order valence-corrected chi connectivity index (χ1v) is 6.26. The molecule has 1 amide bonds. The Bertz CT molecular complexity index is 617. The lowest BCUT2D eigenvalue weighted by molar-refractivity contribution is 0.177. The number of nitrogens with two attached hydrogens (primary N) is 1. The summed E-state index contributed by atoms with van der Waals surface area (Å²) in [4.78, 5) is 10.8. The van der Waals surface area contributed by atoms with E-state index < -0.39 is 27.8 Å². The number of methoxy groups -OCH3 is 1. The molecule has 0 unspecified atom stereocenters. The Morgan fingerprint density at radius 1 is 1.47 bits per heavy atom. The SMILES string of the molecule is COC(=O)NS(=O)(=O)Nc1ccc(C(=N)N)cc1F. The van der Waals surface area contributed by atoms with Gasteiger partial charge in [-0.05, 0) is 18.2 Å². The van der Waals surface area contributed by atoms with Gasteiger partial charge in [0.1, 0.15) is 11.7 Å². The molecule has 0 bridgehead atoms. The van der Waals surface area contributed by atoms with E-state index >= 15 is 0 Å². The second-order valence-corrected chi connectivity index (χ2v) is 4.72. The quantitative estimate of drug-likeness (QED) is 0.461. The lowest BCUT2D eigenvalue weighted by Crippen LogP contribution is -2.35. The van der Waals surface area contributed by atoms with Gasteiger partial charge in [-0.15, -0.1) is 0 Å². The summed E-state index contributed by atoms with van der Waals surface area (Å²) in [6.45, 7) is 0. The van der Waals surface area contributed by atoms with Gasteiger partial charge in [0.25, 0.3) is 0 Å². The number of nitrogens with one attached hydrogen (secondary N) is 3. The molecule has 0 aliphatic carbocycles. The summed E-state index contributed by atoms with van der Waals surface area (Å²) in [5.41, 5.74) is 4.85. The minimum atomic E-state index is -4.30. The van der Waals surface area contributed by atoms with Crippen molar-refractivity contribution in [1.29, 1.82) is 5.41 Å². The van der Waals surface area contributed by atoms with Crippen LogP contribution in [-0.4, -0.2) is 27.5 Å². The van der Waals surface area contributed by atoms with Gasteiger partial charge in [-0.1, -0.05) is 0 Å². The third-order valence-electron chi connectivity index (χ3n) is 1.93. The third-order valence-corrected chi connectivity index (χ3v) is 2.85. The van der Waals surface area contributed by atoms with Gasteiger partial charge in [-0.2, -0.15) is 8.42 Å². The number of carbonyl (C=O) groups is 1. The van der Waals surface area contributed by atoms with E-state index in [2.05, 4.69) is 4.74 Å². The molecular weight excluding hydrogens is 279 g/mol. The predicted octanol–water partition coefficient (Wildman–Crippen LogP) is 0.122. The number of carbonyl (C=O) groups excluding carboxylic acids is 1. The van der Waals surface area contributed by atoms with E-state index in [0.717, 1.165) is 19.2 Å². The molecule has 104 valence electrons. The van der Waals surface area contributed by atoms with Crippen LogP contribution in [0.1, 0.15) is 5.56 Å². The minimum absolute atomic E-state index is 0.0985. The highest BCUT2D eigenvalue weighted by molar-refractivity contribution is 7.91. The van der Waals surface area contributed by atoms with E-state index in [1.807, 2.05) is 0 Å². The zero-order valence-corrected chi connectivity index (χ0v) is 10.5. The number of anilines is 1. The molecule has 10 heteroatoms. The normalized spacial score (nSPS) is 10.6. The smallest absolute Gasteiger partial charge is 0.422 e. The van der Waals surface area contributed by atoms with Crippen LogP contribution in [0.3, 0.4) is 0 Å². The minimum Gasteiger partial charge on any atom is -0.452 e. The maximum Gasteiger partial charge on any atom is 0.422 e. The fourth-order valence-electron chi connectivity index (χ4n) is 1.09. The number of nitrogen functional groups attached to an aromatic ring is 1. The molecular formula is C9H11FN4O4S. The van der Waals surface area contributed by atoms with Crippen LogP contribution in [0.15, 0.2) is 18.2 Å². The molecule has 0 aliphatic rings. The number of ether oxygens (including phenoxy) is 1. The average Bonchev–Trinajstić information content (AvgIpc) is 2.30. The number of halogens is 1. The highest BCUT2D eigenvalue weighted by atomic mass is 32.2. The van der Waals surface area contributed by atoms with E-state index in [9.17, 15) is 17.6 Å². The van der Waals surface area contributed by atoms with Gasteiger partial charge in [0.05, 0.1) is 12.8 Å². The molecule has 0 aliphatic heterocycles. The summed E-state index contributed by atoms with van der Waals surface area (Å²) in [7, 11) is -3.32. The van der Waals surface area contributed by atoms with E-state index in [0.29, 0.717) is 0 Å². The Balaban J connectivity index is 2.94. The van der Waals surface area contributed by atoms with E-state index in [-0.39, 0.29) is 11.4 Å². The molecule has 5 N–H and O–H groups in total. The first kappa shape index (κ1) is 14.7. The maximum atomic E-state index is 13.5. The Morgan fingerprint density at radius 3 is 2.58 bits per heavy atom. The van der Waals surface area contributed by atoms with Crippen LogP contribution in [-0.2, 0) is 14.9 Å².